The number of nitrogens with zero attached hydrogens (tertiary/aromatic N) is 3. The Balaban J connectivity index is 2.20. The van der Waals surface area contributed by atoms with E-state index in [-0.39, 0.29) is 25.8 Å². The van der Waals surface area contributed by atoms with Gasteiger partial charge in [-0.1, -0.05) is 20.3 Å². The summed E-state index contributed by atoms with van der Waals surface area (Å²) in [6, 6.07) is 6.27. The molecule has 0 aromatic heterocycles. The third-order valence-electron chi connectivity index (χ3n) is 9.38. The largest absolute Gasteiger partial charge is 0.481 e. The molecule has 7 atom stereocenters. The minimum atomic E-state index is -1.80. The topological polar surface area (TPSA) is 323 Å². The number of carbonyl (C=O) groups excluding carboxylic acids is 7. The van der Waals surface area contributed by atoms with Gasteiger partial charge in [-0.25, -0.2) is 0 Å². The smallest absolute Gasteiger partial charge is 0.305 e. The van der Waals surface area contributed by atoms with Crippen molar-refractivity contribution in [3.63, 3.8) is 0 Å². The molecule has 0 aliphatic rings. The summed E-state index contributed by atoms with van der Waals surface area (Å²) in [5.41, 5.74) is 7.99. The molecule has 2 aromatic rings. The molecular weight excluding hydrogens is 796 g/mol. The first-order chi connectivity index (χ1) is 28.8. The van der Waals surface area contributed by atoms with E-state index in [1.807, 2.05) is 43.3 Å². The SMILES string of the molecule is CC[C@H](C)[C@H](NC(=O)[C@@H](NC(=O)[C@H](CCCCNC(=O)c1ccc(N=Nc2ccc(N(C)C)cc2)cc1)NC(=O)[C@H](CC(=O)O)NC(=O)[C@H](CO)NC(C)=O)[C@@H](C)O)C(N)=O. The van der Waals surface area contributed by atoms with E-state index in [0.29, 0.717) is 23.4 Å². The highest BCUT2D eigenvalue weighted by atomic mass is 16.4. The fraction of sp³-hybridized carbons (Fsp3) is 0.500. The van der Waals surface area contributed by atoms with Crippen LogP contribution in [-0.4, -0.2) is 126 Å². The Morgan fingerprint density at radius 3 is 1.74 bits per heavy atom. The fourth-order valence-electron chi connectivity index (χ4n) is 5.66. The lowest BCUT2D eigenvalue weighted by atomic mass is 9.98. The van der Waals surface area contributed by atoms with Gasteiger partial charge in [-0.05, 0) is 80.6 Å². The number of aliphatic hydroxyl groups excluding tert-OH is 2. The Hall–Kier alpha value is -6.48. The Kier molecular flexibility index (Phi) is 20.9. The standard InChI is InChI=1S/C40H58N10O11/c1-7-22(2)33(35(41)56)46-40(61)34(23(3)52)47-37(58)29(44-38(59)30(20-32(54)55)45-39(60)31(21-51)43-24(4)53)10-8-9-19-42-36(57)25-11-13-26(14-12-25)48-49-27-15-17-28(18-16-27)50(5)6/h11-18,22-23,29-31,33-34,51-52H,7-10,19-21H2,1-6H3,(H2,41,56)(H,42,57)(H,43,53)(H,44,59)(H,45,60)(H,46,61)(H,47,58)(H,54,55)/t22-,23+,29-,30-,31-,33-,34-/m0/s1. The van der Waals surface area contributed by atoms with E-state index in [9.17, 15) is 53.7 Å². The Morgan fingerprint density at radius 1 is 0.721 bits per heavy atom. The second-order valence-corrected chi connectivity index (χ2v) is 14.6. The second-order valence-electron chi connectivity index (χ2n) is 14.6. The molecule has 21 nitrogen and oxygen atoms in total. The van der Waals surface area contributed by atoms with Crippen molar-refractivity contribution in [1.82, 2.24) is 31.9 Å². The summed E-state index contributed by atoms with van der Waals surface area (Å²) < 4.78 is 0. The number of primary amides is 1. The number of aliphatic hydroxyl groups is 2. The molecule has 61 heavy (non-hydrogen) atoms. The van der Waals surface area contributed by atoms with Crippen molar-refractivity contribution in [1.29, 1.82) is 0 Å². The van der Waals surface area contributed by atoms with E-state index >= 15 is 0 Å². The fourth-order valence-corrected chi connectivity index (χ4v) is 5.66. The number of unbranched alkanes of at least 4 members (excludes halogenated alkanes) is 1. The van der Waals surface area contributed by atoms with E-state index in [2.05, 4.69) is 42.1 Å². The molecule has 0 heterocycles. The minimum absolute atomic E-state index is 0.123. The molecule has 11 N–H and O–H groups in total. The quantitative estimate of drug-likeness (QED) is 0.0462. The number of carboxylic acid groups (broad SMARTS) is 1. The van der Waals surface area contributed by atoms with Crippen LogP contribution in [0.25, 0.3) is 0 Å². The molecule has 0 fully saturated rings. The third-order valence-corrected chi connectivity index (χ3v) is 9.38. The van der Waals surface area contributed by atoms with Crippen LogP contribution in [0.4, 0.5) is 17.1 Å². The molecule has 2 rings (SSSR count). The third kappa shape index (κ3) is 17.3. The Labute approximate surface area is 353 Å². The van der Waals surface area contributed by atoms with Gasteiger partial charge in [-0.2, -0.15) is 10.2 Å². The first-order valence-electron chi connectivity index (χ1n) is 19.6. The number of carbonyl (C=O) groups is 8. The number of hydrogen-bond donors (Lipinski definition) is 10. The normalized spacial score (nSPS) is 14.5. The average molecular weight is 855 g/mol. The van der Waals surface area contributed by atoms with E-state index in [0.717, 1.165) is 12.6 Å². The molecular formula is C40H58N10O11. The highest BCUT2D eigenvalue weighted by Gasteiger charge is 2.35. The maximum Gasteiger partial charge on any atom is 0.305 e. The molecule has 0 saturated carbocycles. The zero-order valence-electron chi connectivity index (χ0n) is 35.1. The van der Waals surface area contributed by atoms with E-state index in [4.69, 9.17) is 5.73 Å². The van der Waals surface area contributed by atoms with Crippen molar-refractivity contribution in [2.24, 2.45) is 21.9 Å². The Morgan fingerprint density at radius 2 is 1.25 bits per heavy atom. The lowest BCUT2D eigenvalue weighted by Crippen LogP contribution is -2.61. The maximum absolute atomic E-state index is 13.7. The van der Waals surface area contributed by atoms with Crippen molar-refractivity contribution in [3.05, 3.63) is 54.1 Å². The van der Waals surface area contributed by atoms with Gasteiger partial charge in [0, 0.05) is 38.8 Å². The molecule has 0 spiro atoms. The highest BCUT2D eigenvalue weighted by Crippen LogP contribution is 2.22. The zero-order chi connectivity index (χ0) is 45.8. The van der Waals surface area contributed by atoms with Crippen LogP contribution >= 0.6 is 0 Å². The second kappa shape index (κ2) is 25.2. The van der Waals surface area contributed by atoms with E-state index in [1.54, 1.807) is 38.1 Å². The minimum Gasteiger partial charge on any atom is -0.481 e. The number of azo groups is 1. The van der Waals surface area contributed by atoms with Gasteiger partial charge in [-0.15, -0.1) is 0 Å². The zero-order valence-corrected chi connectivity index (χ0v) is 35.1. The van der Waals surface area contributed by atoms with E-state index in [1.165, 1.54) is 6.92 Å². The molecule has 21 heteroatoms. The van der Waals surface area contributed by atoms with E-state index < -0.39 is 103 Å². The number of carboxylic acids is 1. The molecule has 0 aliphatic carbocycles. The van der Waals surface area contributed by atoms with Crippen LogP contribution < -0.4 is 42.5 Å². The first-order valence-corrected chi connectivity index (χ1v) is 19.6. The predicted octanol–water partition coefficient (Wildman–Crippen LogP) is -0.109. The monoisotopic (exact) mass is 854 g/mol. The van der Waals surface area contributed by atoms with Crippen molar-refractivity contribution in [3.8, 4) is 0 Å². The summed E-state index contributed by atoms with van der Waals surface area (Å²) in [5.74, 6) is -8.02. The van der Waals surface area contributed by atoms with Gasteiger partial charge in [0.15, 0.2) is 0 Å². The molecule has 0 radical (unpaired) electrons. The molecule has 0 unspecified atom stereocenters. The summed E-state index contributed by atoms with van der Waals surface area (Å²) in [6.45, 7) is 4.96. The Bertz CT molecular complexity index is 1860. The summed E-state index contributed by atoms with van der Waals surface area (Å²) in [7, 11) is 3.86. The van der Waals surface area contributed by atoms with Crippen LogP contribution in [0.15, 0.2) is 58.8 Å². The van der Waals surface area contributed by atoms with Gasteiger partial charge >= 0.3 is 5.97 Å². The number of amides is 7. The summed E-state index contributed by atoms with van der Waals surface area (Å²) in [4.78, 5) is 103. The number of nitrogens with one attached hydrogen (secondary N) is 6. The van der Waals surface area contributed by atoms with Gasteiger partial charge in [-0.3, -0.25) is 38.4 Å². The number of benzene rings is 2. The van der Waals surface area contributed by atoms with Crippen LogP contribution in [0.2, 0.25) is 0 Å². The lowest BCUT2D eigenvalue weighted by Gasteiger charge is -2.28. The van der Waals surface area contributed by atoms with Gasteiger partial charge < -0.3 is 57.9 Å². The lowest BCUT2D eigenvalue weighted by molar-refractivity contribution is -0.141. The molecule has 334 valence electrons. The molecule has 0 aliphatic heterocycles. The molecule has 7 amide bonds. The van der Waals surface area contributed by atoms with Gasteiger partial charge in [0.25, 0.3) is 5.91 Å². The number of aliphatic carboxylic acids is 1. The summed E-state index contributed by atoms with van der Waals surface area (Å²) in [5, 5.41) is 52.2. The van der Waals surface area contributed by atoms with Gasteiger partial charge in [0.05, 0.1) is 30.5 Å². The summed E-state index contributed by atoms with van der Waals surface area (Å²) >= 11 is 0. The predicted molar refractivity (Wildman–Crippen MR) is 223 cm³/mol. The molecule has 2 aromatic carbocycles. The first kappa shape index (κ1) is 50.7. The number of rotatable bonds is 25. The number of nitrogens with two attached hydrogens (primary N) is 1. The molecule has 0 bridgehead atoms. The van der Waals surface area contributed by atoms with Gasteiger partial charge in [0.2, 0.25) is 35.4 Å². The van der Waals surface area contributed by atoms with Crippen LogP contribution in [0.1, 0.15) is 70.2 Å². The van der Waals surface area contributed by atoms with Crippen molar-refractivity contribution in [2.75, 3.05) is 32.1 Å². The van der Waals surface area contributed by atoms with Crippen molar-refractivity contribution in [2.45, 2.75) is 96.1 Å². The van der Waals surface area contributed by atoms with Crippen molar-refractivity contribution >= 4 is 64.4 Å². The highest BCUT2D eigenvalue weighted by molar-refractivity contribution is 5.97. The van der Waals surface area contributed by atoms with Crippen LogP contribution in [0.3, 0.4) is 0 Å². The average Bonchev–Trinajstić information content (AvgIpc) is 3.21. The molecule has 0 saturated heterocycles. The summed E-state index contributed by atoms with van der Waals surface area (Å²) in [6.07, 6.45) is -1.73. The van der Waals surface area contributed by atoms with Crippen LogP contribution in [-0.2, 0) is 33.6 Å². The number of hydrogen-bond acceptors (Lipinski definition) is 13. The van der Waals surface area contributed by atoms with Crippen molar-refractivity contribution < 1.29 is 53.7 Å². The van der Waals surface area contributed by atoms with Crippen LogP contribution in [0, 0.1) is 5.92 Å². The van der Waals surface area contributed by atoms with Crippen LogP contribution in [0.5, 0.6) is 0 Å². The number of anilines is 1. The van der Waals surface area contributed by atoms with Gasteiger partial charge in [0.1, 0.15) is 30.2 Å². The maximum atomic E-state index is 13.7.